The molecular weight excluding hydrogens is 272 g/mol. The maximum atomic E-state index is 8.86. The van der Waals surface area contributed by atoms with Crippen LogP contribution in [-0.2, 0) is 6.42 Å². The number of ether oxygens (including phenoxy) is 2. The van der Waals surface area contributed by atoms with Gasteiger partial charge >= 0.3 is 0 Å². The molecule has 0 unspecified atom stereocenters. The molecule has 1 heterocycles. The number of hydrogen-bond donors (Lipinski definition) is 1. The van der Waals surface area contributed by atoms with E-state index >= 15 is 0 Å². The second-order valence-electron chi connectivity index (χ2n) is 3.74. The van der Waals surface area contributed by atoms with E-state index in [1.165, 1.54) is 0 Å². The van der Waals surface area contributed by atoms with Gasteiger partial charge in [0, 0.05) is 13.0 Å². The Morgan fingerprint density at radius 3 is 2.69 bits per heavy atom. The summed E-state index contributed by atoms with van der Waals surface area (Å²) in [6.07, 6.45) is 2.47. The van der Waals surface area contributed by atoms with Crippen molar-refractivity contribution >= 4 is 15.9 Å². The van der Waals surface area contributed by atoms with Gasteiger partial charge in [-0.1, -0.05) is 6.07 Å². The van der Waals surface area contributed by atoms with Gasteiger partial charge in [0.1, 0.15) is 0 Å². The van der Waals surface area contributed by atoms with Crippen LogP contribution < -0.4 is 9.47 Å². The number of hydrogen-bond acceptors (Lipinski definition) is 3. The van der Waals surface area contributed by atoms with E-state index in [1.807, 2.05) is 12.1 Å². The molecule has 1 aromatic carbocycles. The Bertz CT molecular complexity index is 366. The highest BCUT2D eigenvalue weighted by Crippen LogP contribution is 2.40. The third kappa shape index (κ3) is 2.50. The summed E-state index contributed by atoms with van der Waals surface area (Å²) in [7, 11) is 0. The van der Waals surface area contributed by atoms with Gasteiger partial charge in [0.05, 0.1) is 17.7 Å². The van der Waals surface area contributed by atoms with Crippen LogP contribution in [0.2, 0.25) is 0 Å². The fourth-order valence-corrected chi connectivity index (χ4v) is 2.17. The Hall–Kier alpha value is -0.740. The molecule has 0 spiro atoms. The zero-order valence-electron chi connectivity index (χ0n) is 9.04. The van der Waals surface area contributed by atoms with Gasteiger partial charge in [0.15, 0.2) is 11.5 Å². The average molecular weight is 287 g/mol. The number of halogens is 1. The van der Waals surface area contributed by atoms with Crippen LogP contribution in [0.3, 0.4) is 0 Å². The summed E-state index contributed by atoms with van der Waals surface area (Å²) in [6, 6.07) is 3.99. The van der Waals surface area contributed by atoms with Gasteiger partial charge in [-0.25, -0.2) is 0 Å². The maximum Gasteiger partial charge on any atom is 0.175 e. The van der Waals surface area contributed by atoms with Gasteiger partial charge in [-0.2, -0.15) is 0 Å². The summed E-state index contributed by atoms with van der Waals surface area (Å²) in [6.45, 7) is 1.58. The van der Waals surface area contributed by atoms with E-state index < -0.39 is 0 Å². The summed E-state index contributed by atoms with van der Waals surface area (Å²) in [5.41, 5.74) is 1.11. The van der Waals surface area contributed by atoms with Crippen molar-refractivity contribution < 1.29 is 14.6 Å². The molecule has 1 aliphatic rings. The van der Waals surface area contributed by atoms with Crippen molar-refractivity contribution in [2.75, 3.05) is 19.8 Å². The highest BCUT2D eigenvalue weighted by molar-refractivity contribution is 9.10. The zero-order chi connectivity index (χ0) is 11.4. The minimum atomic E-state index is 0.200. The lowest BCUT2D eigenvalue weighted by atomic mass is 10.1. The summed E-state index contributed by atoms with van der Waals surface area (Å²) >= 11 is 3.46. The molecule has 2 rings (SSSR count). The first-order valence-electron chi connectivity index (χ1n) is 5.51. The van der Waals surface area contributed by atoms with Crippen molar-refractivity contribution in [3.63, 3.8) is 0 Å². The summed E-state index contributed by atoms with van der Waals surface area (Å²) < 4.78 is 12.3. The number of aliphatic hydroxyl groups is 1. The number of aryl methyl sites for hydroxylation is 1. The van der Waals surface area contributed by atoms with Gasteiger partial charge in [0.25, 0.3) is 0 Å². The molecule has 0 atom stereocenters. The molecule has 1 aromatic rings. The van der Waals surface area contributed by atoms with Gasteiger partial charge in [0.2, 0.25) is 0 Å². The third-order valence-corrected chi connectivity index (χ3v) is 3.16. The SMILES string of the molecule is OCCCc1ccc(Br)c2c1OCCCO2. The Labute approximate surface area is 104 Å². The average Bonchev–Trinajstić information content (AvgIpc) is 2.54. The predicted molar refractivity (Wildman–Crippen MR) is 65.2 cm³/mol. The van der Waals surface area contributed by atoms with E-state index in [9.17, 15) is 0 Å². The highest BCUT2D eigenvalue weighted by atomic mass is 79.9. The van der Waals surface area contributed by atoms with Crippen LogP contribution in [0, 0.1) is 0 Å². The van der Waals surface area contributed by atoms with Crippen LogP contribution in [-0.4, -0.2) is 24.9 Å². The Morgan fingerprint density at radius 1 is 1.19 bits per heavy atom. The quantitative estimate of drug-likeness (QED) is 0.928. The second-order valence-corrected chi connectivity index (χ2v) is 4.60. The van der Waals surface area contributed by atoms with Gasteiger partial charge in [-0.15, -0.1) is 0 Å². The molecule has 0 radical (unpaired) electrons. The van der Waals surface area contributed by atoms with Crippen molar-refractivity contribution in [1.29, 1.82) is 0 Å². The summed E-state index contributed by atoms with van der Waals surface area (Å²) in [4.78, 5) is 0. The first-order chi connectivity index (χ1) is 7.83. The first-order valence-corrected chi connectivity index (χ1v) is 6.30. The molecule has 4 heteroatoms. The lowest BCUT2D eigenvalue weighted by molar-refractivity contribution is 0.285. The molecule has 0 aromatic heterocycles. The van der Waals surface area contributed by atoms with Crippen LogP contribution in [0.5, 0.6) is 11.5 Å². The van der Waals surface area contributed by atoms with Crippen LogP contribution in [0.4, 0.5) is 0 Å². The van der Waals surface area contributed by atoms with Crippen LogP contribution >= 0.6 is 15.9 Å². The molecule has 3 nitrogen and oxygen atoms in total. The number of aliphatic hydroxyl groups excluding tert-OH is 1. The third-order valence-electron chi connectivity index (χ3n) is 2.53. The lowest BCUT2D eigenvalue weighted by Crippen LogP contribution is -1.99. The molecule has 0 saturated carbocycles. The fraction of sp³-hybridized carbons (Fsp3) is 0.500. The topological polar surface area (TPSA) is 38.7 Å². The molecule has 88 valence electrons. The largest absolute Gasteiger partial charge is 0.489 e. The molecule has 0 bridgehead atoms. The maximum absolute atomic E-state index is 8.86. The molecule has 0 aliphatic carbocycles. The van der Waals surface area contributed by atoms with Gasteiger partial charge < -0.3 is 14.6 Å². The Kier molecular flexibility index (Phi) is 4.07. The van der Waals surface area contributed by atoms with Gasteiger partial charge in [-0.3, -0.25) is 0 Å². The molecule has 16 heavy (non-hydrogen) atoms. The van der Waals surface area contributed by atoms with Crippen molar-refractivity contribution in [2.45, 2.75) is 19.3 Å². The monoisotopic (exact) mass is 286 g/mol. The number of rotatable bonds is 3. The van der Waals surface area contributed by atoms with E-state index in [-0.39, 0.29) is 6.61 Å². The molecule has 1 N–H and O–H groups in total. The van der Waals surface area contributed by atoms with E-state index in [1.54, 1.807) is 0 Å². The smallest absolute Gasteiger partial charge is 0.175 e. The van der Waals surface area contributed by atoms with Crippen LogP contribution in [0.25, 0.3) is 0 Å². The molecule has 0 fully saturated rings. The van der Waals surface area contributed by atoms with Gasteiger partial charge in [-0.05, 0) is 40.4 Å². The fourth-order valence-electron chi connectivity index (χ4n) is 1.75. The van der Waals surface area contributed by atoms with E-state index in [2.05, 4.69) is 15.9 Å². The van der Waals surface area contributed by atoms with Crippen molar-refractivity contribution in [1.82, 2.24) is 0 Å². The summed E-state index contributed by atoms with van der Waals surface area (Å²) in [5, 5.41) is 8.86. The molecule has 0 saturated heterocycles. The predicted octanol–water partition coefficient (Wildman–Crippen LogP) is 2.54. The van der Waals surface area contributed by atoms with Crippen molar-refractivity contribution in [2.24, 2.45) is 0 Å². The number of fused-ring (bicyclic) bond motifs is 1. The zero-order valence-corrected chi connectivity index (χ0v) is 10.6. The highest BCUT2D eigenvalue weighted by Gasteiger charge is 2.17. The minimum Gasteiger partial charge on any atom is -0.489 e. The van der Waals surface area contributed by atoms with Crippen molar-refractivity contribution in [3.05, 3.63) is 22.2 Å². The normalized spacial score (nSPS) is 14.6. The van der Waals surface area contributed by atoms with E-state index in [4.69, 9.17) is 14.6 Å². The van der Waals surface area contributed by atoms with E-state index in [0.29, 0.717) is 13.2 Å². The number of benzene rings is 1. The first kappa shape index (κ1) is 11.7. The van der Waals surface area contributed by atoms with E-state index in [0.717, 1.165) is 40.8 Å². The minimum absolute atomic E-state index is 0.200. The summed E-state index contributed by atoms with van der Waals surface area (Å²) in [5.74, 6) is 1.63. The molecular formula is C12H15BrO3. The molecule has 0 amide bonds. The van der Waals surface area contributed by atoms with Crippen LogP contribution in [0.1, 0.15) is 18.4 Å². The Balaban J connectivity index is 2.31. The van der Waals surface area contributed by atoms with Crippen molar-refractivity contribution in [3.8, 4) is 11.5 Å². The standard InChI is InChI=1S/C12H15BrO3/c13-10-5-4-9(3-1-6-14)11-12(10)16-8-2-7-15-11/h4-5,14H,1-3,6-8H2. The second kappa shape index (κ2) is 5.55. The lowest BCUT2D eigenvalue weighted by Gasteiger charge is -2.13. The Morgan fingerprint density at radius 2 is 1.94 bits per heavy atom. The van der Waals surface area contributed by atoms with Crippen LogP contribution in [0.15, 0.2) is 16.6 Å². The molecule has 1 aliphatic heterocycles.